The molecule has 3 N–H and O–H groups in total. The number of hydrogen-bond acceptors (Lipinski definition) is 4. The number of halogens is 1. The first kappa shape index (κ1) is 15.7. The lowest BCUT2D eigenvalue weighted by molar-refractivity contribution is -0.126. The average Bonchev–Trinajstić information content (AvgIpc) is 2.42. The Kier molecular flexibility index (Phi) is 4.20. The van der Waals surface area contributed by atoms with E-state index >= 15 is 0 Å². The van der Waals surface area contributed by atoms with Crippen molar-refractivity contribution in [2.45, 2.75) is 31.2 Å². The first-order chi connectivity index (χ1) is 9.78. The lowest BCUT2D eigenvalue weighted by Gasteiger charge is -2.33. The number of sulfonamides is 1. The number of benzene rings is 1. The molecule has 0 aliphatic carbocycles. The van der Waals surface area contributed by atoms with Gasteiger partial charge in [0.1, 0.15) is 11.9 Å². The molecule has 1 saturated heterocycles. The minimum atomic E-state index is -3.98. The Bertz CT molecular complexity index is 675. The molecular formula is C13H18FN3O3S. The number of amides is 1. The highest BCUT2D eigenvalue weighted by Gasteiger charge is 2.38. The minimum Gasteiger partial charge on any atom is -0.399 e. The maximum absolute atomic E-state index is 13.8. The summed E-state index contributed by atoms with van der Waals surface area (Å²) in [6.45, 7) is 3.50. The molecule has 1 amide bonds. The van der Waals surface area contributed by atoms with Crippen LogP contribution in [0.2, 0.25) is 0 Å². The normalized spacial score (nSPS) is 20.3. The van der Waals surface area contributed by atoms with Gasteiger partial charge in [0.25, 0.3) is 0 Å². The monoisotopic (exact) mass is 315 g/mol. The van der Waals surface area contributed by atoms with Gasteiger partial charge in [-0.05, 0) is 25.5 Å². The molecule has 0 saturated carbocycles. The quantitative estimate of drug-likeness (QED) is 0.800. The molecule has 21 heavy (non-hydrogen) atoms. The zero-order valence-electron chi connectivity index (χ0n) is 11.9. The highest BCUT2D eigenvalue weighted by atomic mass is 32.2. The van der Waals surface area contributed by atoms with E-state index in [0.29, 0.717) is 6.42 Å². The summed E-state index contributed by atoms with van der Waals surface area (Å²) in [6, 6.07) is 1.52. The van der Waals surface area contributed by atoms with Crippen LogP contribution in [0.1, 0.15) is 18.9 Å². The fourth-order valence-electron chi connectivity index (χ4n) is 2.44. The van der Waals surface area contributed by atoms with Crippen molar-refractivity contribution in [2.24, 2.45) is 0 Å². The molecule has 1 aliphatic rings. The van der Waals surface area contributed by atoms with Crippen LogP contribution < -0.4 is 11.1 Å². The van der Waals surface area contributed by atoms with Crippen LogP contribution in [-0.4, -0.2) is 37.8 Å². The van der Waals surface area contributed by atoms with Crippen molar-refractivity contribution < 1.29 is 17.6 Å². The van der Waals surface area contributed by atoms with E-state index in [1.807, 2.05) is 0 Å². The lowest BCUT2D eigenvalue weighted by Crippen LogP contribution is -2.56. The van der Waals surface area contributed by atoms with Crippen LogP contribution >= 0.6 is 0 Å². The molecule has 116 valence electrons. The fourth-order valence-corrected chi connectivity index (χ4v) is 4.37. The largest absolute Gasteiger partial charge is 0.399 e. The molecule has 1 aliphatic heterocycles. The van der Waals surface area contributed by atoms with E-state index in [2.05, 4.69) is 5.32 Å². The van der Waals surface area contributed by atoms with Crippen molar-refractivity contribution in [3.8, 4) is 0 Å². The summed E-state index contributed by atoms with van der Waals surface area (Å²) in [5.41, 5.74) is 5.58. The number of anilines is 1. The molecule has 0 bridgehead atoms. The molecule has 1 aromatic rings. The second-order valence-corrected chi connectivity index (χ2v) is 6.82. The molecule has 1 aromatic carbocycles. The molecule has 1 fully saturated rings. The first-order valence-corrected chi connectivity index (χ1v) is 8.08. The summed E-state index contributed by atoms with van der Waals surface area (Å²) < 4.78 is 40.4. The van der Waals surface area contributed by atoms with Gasteiger partial charge in [0.05, 0.1) is 4.90 Å². The minimum absolute atomic E-state index is 0.00466. The molecule has 1 unspecified atom stereocenters. The van der Waals surface area contributed by atoms with Crippen molar-refractivity contribution in [2.75, 3.05) is 18.8 Å². The third-order valence-electron chi connectivity index (χ3n) is 3.57. The first-order valence-electron chi connectivity index (χ1n) is 6.64. The van der Waals surface area contributed by atoms with Gasteiger partial charge in [-0.25, -0.2) is 12.8 Å². The molecular weight excluding hydrogens is 297 g/mol. The predicted octanol–water partition coefficient (Wildman–Crippen LogP) is 0.615. The maximum Gasteiger partial charge on any atom is 0.244 e. The van der Waals surface area contributed by atoms with E-state index in [9.17, 15) is 17.6 Å². The van der Waals surface area contributed by atoms with Gasteiger partial charge in [0, 0.05) is 24.3 Å². The van der Waals surface area contributed by atoms with Crippen LogP contribution in [0.25, 0.3) is 0 Å². The number of hydrogen-bond donors (Lipinski definition) is 2. The second-order valence-electron chi connectivity index (χ2n) is 4.96. The van der Waals surface area contributed by atoms with E-state index in [-0.39, 0.29) is 35.1 Å². The lowest BCUT2D eigenvalue weighted by atomic mass is 10.2. The Hall–Kier alpha value is -1.67. The summed E-state index contributed by atoms with van der Waals surface area (Å²) in [6.07, 6.45) is 0.342. The van der Waals surface area contributed by atoms with Crippen molar-refractivity contribution in [1.82, 2.24) is 9.62 Å². The molecule has 0 aromatic heterocycles. The highest BCUT2D eigenvalue weighted by Crippen LogP contribution is 2.27. The van der Waals surface area contributed by atoms with Crippen molar-refractivity contribution in [3.05, 3.63) is 23.5 Å². The van der Waals surface area contributed by atoms with Crippen LogP contribution in [0.3, 0.4) is 0 Å². The zero-order valence-corrected chi connectivity index (χ0v) is 12.7. The Morgan fingerprint density at radius 2 is 2.14 bits per heavy atom. The molecule has 2 rings (SSSR count). The van der Waals surface area contributed by atoms with E-state index in [0.717, 1.165) is 10.4 Å². The van der Waals surface area contributed by atoms with Gasteiger partial charge in [-0.3, -0.25) is 4.79 Å². The maximum atomic E-state index is 13.8. The summed E-state index contributed by atoms with van der Waals surface area (Å²) in [5.74, 6) is -1.02. The highest BCUT2D eigenvalue weighted by molar-refractivity contribution is 7.89. The van der Waals surface area contributed by atoms with Crippen molar-refractivity contribution >= 4 is 21.6 Å². The number of nitrogens with two attached hydrogens (primary N) is 1. The smallest absolute Gasteiger partial charge is 0.244 e. The number of carbonyl (C=O) groups is 1. The van der Waals surface area contributed by atoms with Crippen LogP contribution in [0.4, 0.5) is 10.1 Å². The molecule has 0 spiro atoms. The number of rotatable bonds is 3. The number of carbonyl (C=O) groups excluding carboxylic acids is 1. The van der Waals surface area contributed by atoms with Gasteiger partial charge in [0.2, 0.25) is 15.9 Å². The third kappa shape index (κ3) is 2.73. The van der Waals surface area contributed by atoms with Gasteiger partial charge in [-0.15, -0.1) is 0 Å². The van der Waals surface area contributed by atoms with Crippen molar-refractivity contribution in [1.29, 1.82) is 0 Å². The van der Waals surface area contributed by atoms with Crippen LogP contribution in [0.5, 0.6) is 0 Å². The predicted molar refractivity (Wildman–Crippen MR) is 76.5 cm³/mol. The fraction of sp³-hybridized carbons (Fsp3) is 0.462. The summed E-state index contributed by atoms with van der Waals surface area (Å²) in [7, 11) is -3.98. The molecule has 1 heterocycles. The summed E-state index contributed by atoms with van der Waals surface area (Å²) >= 11 is 0. The second kappa shape index (κ2) is 5.61. The van der Waals surface area contributed by atoms with E-state index < -0.39 is 21.9 Å². The number of nitrogens with zero attached hydrogens (tertiary/aromatic N) is 1. The SMILES string of the molecule is CCC1C(=O)NCCN1S(=O)(=O)c1cc(N)cc(F)c1C. The Balaban J connectivity index is 2.54. The zero-order chi connectivity index (χ0) is 15.8. The van der Waals surface area contributed by atoms with Gasteiger partial charge >= 0.3 is 0 Å². The summed E-state index contributed by atoms with van der Waals surface area (Å²) in [4.78, 5) is 11.6. The van der Waals surface area contributed by atoms with E-state index in [1.165, 1.54) is 13.0 Å². The number of nitrogen functional groups attached to an aromatic ring is 1. The van der Waals surface area contributed by atoms with Gasteiger partial charge in [-0.2, -0.15) is 4.31 Å². The Morgan fingerprint density at radius 3 is 2.76 bits per heavy atom. The Morgan fingerprint density at radius 1 is 1.48 bits per heavy atom. The standard InChI is InChI=1S/C13H18FN3O3S/c1-3-11-13(18)16-4-5-17(11)21(19,20)12-7-9(15)6-10(14)8(12)2/h6-7,11H,3-5,15H2,1-2H3,(H,16,18). The summed E-state index contributed by atoms with van der Waals surface area (Å²) in [5, 5.41) is 2.63. The van der Waals surface area contributed by atoms with Gasteiger partial charge in [-0.1, -0.05) is 6.92 Å². The molecule has 1 atom stereocenters. The van der Waals surface area contributed by atoms with Crippen LogP contribution in [-0.2, 0) is 14.8 Å². The van der Waals surface area contributed by atoms with Crippen molar-refractivity contribution in [3.63, 3.8) is 0 Å². The van der Waals surface area contributed by atoms with Crippen LogP contribution in [0.15, 0.2) is 17.0 Å². The van der Waals surface area contributed by atoms with Gasteiger partial charge < -0.3 is 11.1 Å². The molecule has 8 heteroatoms. The molecule has 0 radical (unpaired) electrons. The number of piperazine rings is 1. The average molecular weight is 315 g/mol. The van der Waals surface area contributed by atoms with Crippen LogP contribution in [0, 0.1) is 12.7 Å². The van der Waals surface area contributed by atoms with Gasteiger partial charge in [0.15, 0.2) is 0 Å². The Labute approximate surface area is 123 Å². The topological polar surface area (TPSA) is 92.5 Å². The van der Waals surface area contributed by atoms with E-state index in [1.54, 1.807) is 6.92 Å². The molecule has 6 nitrogen and oxygen atoms in total. The van der Waals surface area contributed by atoms with E-state index in [4.69, 9.17) is 5.73 Å². The number of nitrogens with one attached hydrogen (secondary N) is 1. The third-order valence-corrected chi connectivity index (χ3v) is 5.61.